The summed E-state index contributed by atoms with van der Waals surface area (Å²) < 4.78 is 26.4. The highest BCUT2D eigenvalue weighted by atomic mass is 19.1. The average Bonchev–Trinajstić information content (AvgIpc) is 2.29. The summed E-state index contributed by atoms with van der Waals surface area (Å²) in [7, 11) is 0. The van der Waals surface area contributed by atoms with Gasteiger partial charge in [0.05, 0.1) is 11.1 Å². The number of aromatic nitrogens is 1. The highest BCUT2D eigenvalue weighted by Gasteiger charge is 2.12. The summed E-state index contributed by atoms with van der Waals surface area (Å²) in [6, 6.07) is 4.13. The van der Waals surface area contributed by atoms with Crippen molar-refractivity contribution in [2.75, 3.05) is 0 Å². The van der Waals surface area contributed by atoms with E-state index in [0.29, 0.717) is 0 Å². The lowest BCUT2D eigenvalue weighted by Gasteiger charge is -2.02. The fourth-order valence-corrected chi connectivity index (χ4v) is 1.41. The fraction of sp³-hybridized carbons (Fsp3) is 0. The summed E-state index contributed by atoms with van der Waals surface area (Å²) in [5.74, 6) is -1.29. The molecule has 1 aromatic carbocycles. The highest BCUT2D eigenvalue weighted by Crippen LogP contribution is 2.26. The van der Waals surface area contributed by atoms with Gasteiger partial charge in [-0.2, -0.15) is 0 Å². The molecule has 0 unspecified atom stereocenters. The summed E-state index contributed by atoms with van der Waals surface area (Å²) in [5, 5.41) is 10.6. The molecule has 0 aliphatic heterocycles. The maximum Gasteiger partial charge on any atom is 0.270 e. The third-order valence-electron chi connectivity index (χ3n) is 2.18. The van der Waals surface area contributed by atoms with E-state index < -0.39 is 16.6 Å². The van der Waals surface area contributed by atoms with E-state index in [1.807, 2.05) is 0 Å². The smallest absolute Gasteiger partial charge is 0.261 e. The van der Waals surface area contributed by atoms with Crippen molar-refractivity contribution >= 4 is 5.69 Å². The Bertz CT molecular complexity index is 587. The molecule has 0 aliphatic rings. The van der Waals surface area contributed by atoms with Crippen molar-refractivity contribution in [1.29, 1.82) is 0 Å². The van der Waals surface area contributed by atoms with Gasteiger partial charge in [0, 0.05) is 29.5 Å². The predicted molar refractivity (Wildman–Crippen MR) is 56.2 cm³/mol. The van der Waals surface area contributed by atoms with E-state index in [4.69, 9.17) is 0 Å². The van der Waals surface area contributed by atoms with Gasteiger partial charge in [-0.25, -0.2) is 8.78 Å². The molecule has 6 heteroatoms. The first-order valence-electron chi connectivity index (χ1n) is 4.63. The molecule has 0 bridgehead atoms. The second-order valence-electron chi connectivity index (χ2n) is 3.31. The van der Waals surface area contributed by atoms with Crippen molar-refractivity contribution in [2.24, 2.45) is 0 Å². The first kappa shape index (κ1) is 11.1. The van der Waals surface area contributed by atoms with Crippen molar-refractivity contribution < 1.29 is 13.7 Å². The molecule has 86 valence electrons. The van der Waals surface area contributed by atoms with E-state index in [2.05, 4.69) is 4.98 Å². The number of nitro benzene ring substituents is 1. The maximum absolute atomic E-state index is 13.5. The molecule has 0 atom stereocenters. The number of hydrogen-bond acceptors (Lipinski definition) is 3. The number of nitro groups is 1. The molecule has 2 rings (SSSR count). The van der Waals surface area contributed by atoms with Gasteiger partial charge >= 0.3 is 0 Å². The number of nitrogens with zero attached hydrogens (tertiary/aromatic N) is 2. The van der Waals surface area contributed by atoms with Gasteiger partial charge in [0.25, 0.3) is 5.69 Å². The molecule has 0 aliphatic carbocycles. The summed E-state index contributed by atoms with van der Waals surface area (Å²) in [4.78, 5) is 13.5. The standard InChI is InChI=1S/C11H6F2N2O2/c12-8-3-7(5-14-6-8)10-4-9(15(16)17)1-2-11(10)13/h1-6H. The molecule has 1 aromatic heterocycles. The van der Waals surface area contributed by atoms with Crippen molar-refractivity contribution in [3.63, 3.8) is 0 Å². The van der Waals surface area contributed by atoms with E-state index in [1.54, 1.807) is 0 Å². The fourth-order valence-electron chi connectivity index (χ4n) is 1.41. The van der Waals surface area contributed by atoms with Crippen LogP contribution in [0.5, 0.6) is 0 Å². The Morgan fingerprint density at radius 3 is 2.59 bits per heavy atom. The summed E-state index contributed by atoms with van der Waals surface area (Å²) in [6.07, 6.45) is 2.21. The minimum atomic E-state index is -0.664. The first-order valence-corrected chi connectivity index (χ1v) is 4.63. The quantitative estimate of drug-likeness (QED) is 0.595. The maximum atomic E-state index is 13.5. The minimum absolute atomic E-state index is 0.0498. The molecule has 0 saturated heterocycles. The number of halogens is 2. The molecular formula is C11H6F2N2O2. The van der Waals surface area contributed by atoms with Crippen LogP contribution in [0.25, 0.3) is 11.1 Å². The number of benzene rings is 1. The number of hydrogen-bond donors (Lipinski definition) is 0. The van der Waals surface area contributed by atoms with Gasteiger partial charge in [-0.05, 0) is 12.1 Å². The lowest BCUT2D eigenvalue weighted by Crippen LogP contribution is -1.92. The Kier molecular flexibility index (Phi) is 2.78. The normalized spacial score (nSPS) is 10.2. The van der Waals surface area contributed by atoms with Crippen molar-refractivity contribution in [1.82, 2.24) is 4.98 Å². The van der Waals surface area contributed by atoms with E-state index in [9.17, 15) is 18.9 Å². The van der Waals surface area contributed by atoms with E-state index in [1.165, 1.54) is 6.20 Å². The van der Waals surface area contributed by atoms with Crippen LogP contribution in [0, 0.1) is 21.7 Å². The van der Waals surface area contributed by atoms with E-state index >= 15 is 0 Å². The lowest BCUT2D eigenvalue weighted by molar-refractivity contribution is -0.384. The summed E-state index contributed by atoms with van der Waals surface area (Å²) in [5.41, 5.74) is -0.150. The summed E-state index contributed by atoms with van der Waals surface area (Å²) in [6.45, 7) is 0. The Morgan fingerprint density at radius 2 is 1.94 bits per heavy atom. The van der Waals surface area contributed by atoms with Crippen molar-refractivity contribution in [3.05, 3.63) is 58.4 Å². The Labute approximate surface area is 94.7 Å². The molecule has 0 spiro atoms. The predicted octanol–water partition coefficient (Wildman–Crippen LogP) is 2.94. The second kappa shape index (κ2) is 4.25. The Morgan fingerprint density at radius 1 is 1.18 bits per heavy atom. The monoisotopic (exact) mass is 236 g/mol. The van der Waals surface area contributed by atoms with E-state index in [-0.39, 0.29) is 16.8 Å². The van der Waals surface area contributed by atoms with Crippen LogP contribution in [0.2, 0.25) is 0 Å². The van der Waals surface area contributed by atoms with Gasteiger partial charge in [-0.3, -0.25) is 15.1 Å². The molecule has 0 amide bonds. The lowest BCUT2D eigenvalue weighted by atomic mass is 10.1. The van der Waals surface area contributed by atoms with Crippen LogP contribution >= 0.6 is 0 Å². The molecule has 1 heterocycles. The summed E-state index contributed by atoms with van der Waals surface area (Å²) >= 11 is 0. The zero-order valence-electron chi connectivity index (χ0n) is 8.43. The minimum Gasteiger partial charge on any atom is -0.261 e. The van der Waals surface area contributed by atoms with Gasteiger partial charge in [0.2, 0.25) is 0 Å². The van der Waals surface area contributed by atoms with Gasteiger partial charge in [-0.15, -0.1) is 0 Å². The highest BCUT2D eigenvalue weighted by molar-refractivity contribution is 5.66. The van der Waals surface area contributed by atoms with Gasteiger partial charge < -0.3 is 0 Å². The van der Waals surface area contributed by atoms with Crippen LogP contribution in [-0.4, -0.2) is 9.91 Å². The SMILES string of the molecule is O=[N+]([O-])c1ccc(F)c(-c2cncc(F)c2)c1. The van der Waals surface area contributed by atoms with Crippen LogP contribution in [0.3, 0.4) is 0 Å². The van der Waals surface area contributed by atoms with E-state index in [0.717, 1.165) is 30.5 Å². The number of non-ortho nitro benzene ring substituents is 1. The zero-order valence-corrected chi connectivity index (χ0v) is 8.43. The molecule has 2 aromatic rings. The van der Waals surface area contributed by atoms with Gasteiger partial charge in [0.15, 0.2) is 0 Å². The molecule has 0 saturated carbocycles. The number of pyridine rings is 1. The molecule has 0 fully saturated rings. The third-order valence-corrected chi connectivity index (χ3v) is 2.18. The van der Waals surface area contributed by atoms with Gasteiger partial charge in [0.1, 0.15) is 11.6 Å². The van der Waals surface area contributed by atoms with Crippen molar-refractivity contribution in [2.45, 2.75) is 0 Å². The Hall–Kier alpha value is -2.37. The van der Waals surface area contributed by atoms with Crippen LogP contribution in [0.15, 0.2) is 36.7 Å². The zero-order chi connectivity index (χ0) is 12.4. The van der Waals surface area contributed by atoms with Gasteiger partial charge in [-0.1, -0.05) is 0 Å². The van der Waals surface area contributed by atoms with Crippen LogP contribution in [-0.2, 0) is 0 Å². The molecular weight excluding hydrogens is 230 g/mol. The largest absolute Gasteiger partial charge is 0.270 e. The molecule has 17 heavy (non-hydrogen) atoms. The Balaban J connectivity index is 2.58. The third kappa shape index (κ3) is 2.25. The van der Waals surface area contributed by atoms with Crippen molar-refractivity contribution in [3.8, 4) is 11.1 Å². The van der Waals surface area contributed by atoms with Crippen LogP contribution in [0.1, 0.15) is 0 Å². The van der Waals surface area contributed by atoms with Crippen LogP contribution < -0.4 is 0 Å². The molecule has 4 nitrogen and oxygen atoms in total. The first-order chi connectivity index (χ1) is 8.08. The number of rotatable bonds is 2. The molecule has 0 radical (unpaired) electrons. The second-order valence-corrected chi connectivity index (χ2v) is 3.31. The topological polar surface area (TPSA) is 56.0 Å². The average molecular weight is 236 g/mol. The molecule has 0 N–H and O–H groups in total. The van der Waals surface area contributed by atoms with Crippen LogP contribution in [0.4, 0.5) is 14.5 Å².